The molecule has 0 aromatic carbocycles. The van der Waals surface area contributed by atoms with E-state index >= 15 is 0 Å². The van der Waals surface area contributed by atoms with Gasteiger partial charge in [0, 0.05) is 7.11 Å². The van der Waals surface area contributed by atoms with E-state index < -0.39 is 0 Å². The summed E-state index contributed by atoms with van der Waals surface area (Å²) < 4.78 is 5.37. The summed E-state index contributed by atoms with van der Waals surface area (Å²) in [5, 5.41) is 8.81. The quantitative estimate of drug-likeness (QED) is 0.645. The van der Waals surface area contributed by atoms with E-state index in [0.29, 0.717) is 5.92 Å². The minimum Gasteiger partial charge on any atom is -0.392 e. The summed E-state index contributed by atoms with van der Waals surface area (Å²) in [4.78, 5) is 0. The van der Waals surface area contributed by atoms with Crippen LogP contribution in [0, 0.1) is 5.92 Å². The Morgan fingerprint density at radius 2 is 2.15 bits per heavy atom. The highest BCUT2D eigenvalue weighted by Gasteiger charge is 2.12. The Hall–Kier alpha value is -0.340. The maximum atomic E-state index is 8.81. The van der Waals surface area contributed by atoms with Gasteiger partial charge in [-0.2, -0.15) is 0 Å². The molecule has 1 N–H and O–H groups in total. The van der Waals surface area contributed by atoms with Crippen LogP contribution in [-0.2, 0) is 4.74 Å². The molecule has 0 bridgehead atoms. The van der Waals surface area contributed by atoms with Crippen molar-refractivity contribution in [3.05, 3.63) is 11.6 Å². The van der Waals surface area contributed by atoms with Crippen LogP contribution in [0.1, 0.15) is 33.6 Å². The molecule has 0 aliphatic carbocycles. The molecular weight excluding hydrogens is 164 g/mol. The van der Waals surface area contributed by atoms with E-state index in [9.17, 15) is 0 Å². The lowest BCUT2D eigenvalue weighted by atomic mass is 9.98. The first-order chi connectivity index (χ1) is 6.15. The first-order valence-corrected chi connectivity index (χ1v) is 4.94. The SMILES string of the molecule is CCC(C)C(C/C=C(\C)CO)OC. The van der Waals surface area contributed by atoms with Crippen molar-refractivity contribution in [2.75, 3.05) is 13.7 Å². The molecule has 0 saturated heterocycles. The first-order valence-electron chi connectivity index (χ1n) is 4.94. The molecule has 0 spiro atoms. The fourth-order valence-electron chi connectivity index (χ4n) is 1.21. The summed E-state index contributed by atoms with van der Waals surface area (Å²) in [6, 6.07) is 0. The number of aliphatic hydroxyl groups is 1. The van der Waals surface area contributed by atoms with Gasteiger partial charge in [0.15, 0.2) is 0 Å². The van der Waals surface area contributed by atoms with E-state index in [2.05, 4.69) is 19.9 Å². The average Bonchev–Trinajstić information content (AvgIpc) is 2.17. The molecule has 0 radical (unpaired) electrons. The molecular formula is C11H22O2. The van der Waals surface area contributed by atoms with E-state index in [1.54, 1.807) is 7.11 Å². The van der Waals surface area contributed by atoms with Crippen molar-refractivity contribution in [1.29, 1.82) is 0 Å². The molecule has 2 heteroatoms. The van der Waals surface area contributed by atoms with Gasteiger partial charge < -0.3 is 9.84 Å². The molecule has 2 unspecified atom stereocenters. The fourth-order valence-corrected chi connectivity index (χ4v) is 1.21. The fraction of sp³-hybridized carbons (Fsp3) is 0.818. The summed E-state index contributed by atoms with van der Waals surface area (Å²) in [6.45, 7) is 6.44. The number of methoxy groups -OCH3 is 1. The summed E-state index contributed by atoms with van der Waals surface area (Å²) in [6.07, 6.45) is 4.37. The summed E-state index contributed by atoms with van der Waals surface area (Å²) in [5.41, 5.74) is 1.02. The lowest BCUT2D eigenvalue weighted by Crippen LogP contribution is -2.19. The predicted octanol–water partition coefficient (Wildman–Crippen LogP) is 2.38. The van der Waals surface area contributed by atoms with Crippen LogP contribution < -0.4 is 0 Å². The number of aliphatic hydroxyl groups excluding tert-OH is 1. The highest BCUT2D eigenvalue weighted by molar-refractivity contribution is 4.98. The summed E-state index contributed by atoms with van der Waals surface area (Å²) in [7, 11) is 1.75. The number of rotatable bonds is 6. The topological polar surface area (TPSA) is 29.5 Å². The van der Waals surface area contributed by atoms with Crippen molar-refractivity contribution < 1.29 is 9.84 Å². The van der Waals surface area contributed by atoms with Gasteiger partial charge in [0.2, 0.25) is 0 Å². The van der Waals surface area contributed by atoms with Crippen LogP contribution in [-0.4, -0.2) is 24.9 Å². The molecule has 0 aromatic rings. The lowest BCUT2D eigenvalue weighted by molar-refractivity contribution is 0.0594. The van der Waals surface area contributed by atoms with Crippen LogP contribution in [0.25, 0.3) is 0 Å². The second-order valence-electron chi connectivity index (χ2n) is 3.60. The Kier molecular flexibility index (Phi) is 6.92. The van der Waals surface area contributed by atoms with Crippen molar-refractivity contribution in [1.82, 2.24) is 0 Å². The van der Waals surface area contributed by atoms with Crippen molar-refractivity contribution in [2.45, 2.75) is 39.7 Å². The zero-order chi connectivity index (χ0) is 10.3. The second-order valence-corrected chi connectivity index (χ2v) is 3.60. The molecule has 0 saturated carbocycles. The Morgan fingerprint density at radius 1 is 1.54 bits per heavy atom. The van der Waals surface area contributed by atoms with Gasteiger partial charge in [-0.1, -0.05) is 31.9 Å². The highest BCUT2D eigenvalue weighted by atomic mass is 16.5. The zero-order valence-corrected chi connectivity index (χ0v) is 9.21. The second kappa shape index (κ2) is 7.10. The van der Waals surface area contributed by atoms with Gasteiger partial charge in [0.25, 0.3) is 0 Å². The lowest BCUT2D eigenvalue weighted by Gasteiger charge is -2.20. The van der Waals surface area contributed by atoms with Gasteiger partial charge in [-0.25, -0.2) is 0 Å². The minimum atomic E-state index is 0.150. The van der Waals surface area contributed by atoms with Crippen LogP contribution in [0.4, 0.5) is 0 Å². The number of ether oxygens (including phenoxy) is 1. The third-order valence-electron chi connectivity index (χ3n) is 2.53. The normalized spacial score (nSPS) is 17.2. The molecule has 0 heterocycles. The molecule has 0 amide bonds. The first kappa shape index (κ1) is 12.7. The predicted molar refractivity (Wildman–Crippen MR) is 55.7 cm³/mol. The van der Waals surface area contributed by atoms with Crippen molar-refractivity contribution in [3.63, 3.8) is 0 Å². The van der Waals surface area contributed by atoms with Crippen LogP contribution in [0.3, 0.4) is 0 Å². The summed E-state index contributed by atoms with van der Waals surface area (Å²) in [5.74, 6) is 0.577. The molecule has 2 nitrogen and oxygen atoms in total. The van der Waals surface area contributed by atoms with Crippen molar-refractivity contribution in [3.8, 4) is 0 Å². The Labute approximate surface area is 81.6 Å². The van der Waals surface area contributed by atoms with Gasteiger partial charge in [-0.05, 0) is 19.3 Å². The smallest absolute Gasteiger partial charge is 0.0639 e. The molecule has 0 aromatic heterocycles. The van der Waals surface area contributed by atoms with Crippen LogP contribution >= 0.6 is 0 Å². The van der Waals surface area contributed by atoms with E-state index in [1.165, 1.54) is 0 Å². The van der Waals surface area contributed by atoms with Gasteiger partial charge in [0.05, 0.1) is 12.7 Å². The Morgan fingerprint density at radius 3 is 2.54 bits per heavy atom. The van der Waals surface area contributed by atoms with Crippen LogP contribution in [0.2, 0.25) is 0 Å². The van der Waals surface area contributed by atoms with Gasteiger partial charge >= 0.3 is 0 Å². The van der Waals surface area contributed by atoms with Crippen LogP contribution in [0.5, 0.6) is 0 Å². The zero-order valence-electron chi connectivity index (χ0n) is 9.21. The van der Waals surface area contributed by atoms with E-state index in [4.69, 9.17) is 9.84 Å². The Balaban J connectivity index is 3.98. The molecule has 0 aliphatic rings. The van der Waals surface area contributed by atoms with Crippen molar-refractivity contribution in [2.24, 2.45) is 5.92 Å². The van der Waals surface area contributed by atoms with Crippen molar-refractivity contribution >= 4 is 0 Å². The van der Waals surface area contributed by atoms with Gasteiger partial charge in [0.1, 0.15) is 0 Å². The monoisotopic (exact) mass is 186 g/mol. The van der Waals surface area contributed by atoms with Gasteiger partial charge in [-0.15, -0.1) is 0 Å². The van der Waals surface area contributed by atoms with E-state index in [0.717, 1.165) is 18.4 Å². The largest absolute Gasteiger partial charge is 0.392 e. The highest BCUT2D eigenvalue weighted by Crippen LogP contribution is 2.15. The third kappa shape index (κ3) is 5.06. The summed E-state index contributed by atoms with van der Waals surface area (Å²) >= 11 is 0. The van der Waals surface area contributed by atoms with Gasteiger partial charge in [-0.3, -0.25) is 0 Å². The number of hydrogen-bond acceptors (Lipinski definition) is 2. The number of hydrogen-bond donors (Lipinski definition) is 1. The molecule has 0 fully saturated rings. The van der Waals surface area contributed by atoms with E-state index in [-0.39, 0.29) is 12.7 Å². The molecule has 0 aliphatic heterocycles. The molecule has 2 atom stereocenters. The Bertz CT molecular complexity index is 152. The third-order valence-corrected chi connectivity index (χ3v) is 2.53. The molecule has 13 heavy (non-hydrogen) atoms. The standard InChI is InChI=1S/C11H22O2/c1-5-10(3)11(13-4)7-6-9(2)8-12/h6,10-12H,5,7-8H2,1-4H3/b9-6+. The van der Waals surface area contributed by atoms with E-state index in [1.807, 2.05) is 6.92 Å². The molecule has 0 rings (SSSR count). The average molecular weight is 186 g/mol. The maximum Gasteiger partial charge on any atom is 0.0639 e. The minimum absolute atomic E-state index is 0.150. The molecule has 78 valence electrons. The maximum absolute atomic E-state index is 8.81. The van der Waals surface area contributed by atoms with Crippen LogP contribution in [0.15, 0.2) is 11.6 Å².